The van der Waals surface area contributed by atoms with E-state index in [0.29, 0.717) is 10.8 Å². The zero-order valence-electron chi connectivity index (χ0n) is 12.4. The van der Waals surface area contributed by atoms with E-state index in [0.717, 1.165) is 18.0 Å². The molecule has 5 heteroatoms. The Morgan fingerprint density at radius 1 is 1.60 bits per heavy atom. The highest BCUT2D eigenvalue weighted by molar-refractivity contribution is 7.14. The third-order valence-corrected chi connectivity index (χ3v) is 5.27. The van der Waals surface area contributed by atoms with Gasteiger partial charge in [-0.3, -0.25) is 4.90 Å². The summed E-state index contributed by atoms with van der Waals surface area (Å²) in [4.78, 5) is 15.7. The number of thiophene rings is 1. The van der Waals surface area contributed by atoms with E-state index in [1.54, 1.807) is 0 Å². The number of aliphatic hydroxyl groups excluding tert-OH is 1. The fraction of sp³-hybridized carbons (Fsp3) is 0.667. The van der Waals surface area contributed by atoms with Gasteiger partial charge in [0.25, 0.3) is 0 Å². The number of likely N-dealkylation sites (tertiary alicyclic amines) is 1. The first-order valence-electron chi connectivity index (χ1n) is 7.09. The molecule has 0 aliphatic carbocycles. The van der Waals surface area contributed by atoms with Crippen molar-refractivity contribution >= 4 is 17.3 Å². The molecule has 1 aromatic rings. The van der Waals surface area contributed by atoms with Crippen molar-refractivity contribution < 1.29 is 14.6 Å². The summed E-state index contributed by atoms with van der Waals surface area (Å²) < 4.78 is 4.77. The van der Waals surface area contributed by atoms with E-state index in [2.05, 4.69) is 11.8 Å². The lowest BCUT2D eigenvalue weighted by Crippen LogP contribution is -2.46. The molecule has 2 atom stereocenters. The van der Waals surface area contributed by atoms with E-state index in [4.69, 9.17) is 4.74 Å². The second kappa shape index (κ2) is 6.70. The van der Waals surface area contributed by atoms with Crippen LogP contribution in [0.15, 0.2) is 6.07 Å². The number of esters is 1. The minimum absolute atomic E-state index is 0.203. The summed E-state index contributed by atoms with van der Waals surface area (Å²) >= 11 is 1.48. The molecule has 0 bridgehead atoms. The van der Waals surface area contributed by atoms with Gasteiger partial charge < -0.3 is 9.84 Å². The van der Waals surface area contributed by atoms with Crippen LogP contribution in [0.25, 0.3) is 0 Å². The number of hydrogen-bond acceptors (Lipinski definition) is 5. The number of ether oxygens (including phenoxy) is 1. The van der Waals surface area contributed by atoms with Gasteiger partial charge in [0.15, 0.2) is 0 Å². The zero-order valence-corrected chi connectivity index (χ0v) is 13.2. The van der Waals surface area contributed by atoms with E-state index in [1.807, 2.05) is 13.0 Å². The van der Waals surface area contributed by atoms with Crippen LogP contribution in [-0.4, -0.2) is 42.3 Å². The molecule has 1 N–H and O–H groups in total. The predicted molar refractivity (Wildman–Crippen MR) is 80.1 cm³/mol. The fourth-order valence-corrected chi connectivity index (χ4v) is 3.88. The Hall–Kier alpha value is -0.910. The number of piperidine rings is 1. The summed E-state index contributed by atoms with van der Waals surface area (Å²) in [5.41, 5.74) is 1.17. The summed E-state index contributed by atoms with van der Waals surface area (Å²) in [5, 5.41) is 9.60. The summed E-state index contributed by atoms with van der Waals surface area (Å²) in [7, 11) is 1.41. The molecule has 20 heavy (non-hydrogen) atoms. The lowest BCUT2D eigenvalue weighted by Gasteiger charge is -2.39. The quantitative estimate of drug-likeness (QED) is 0.867. The Morgan fingerprint density at radius 3 is 3.00 bits per heavy atom. The lowest BCUT2D eigenvalue weighted by molar-refractivity contribution is 0.0471. The van der Waals surface area contributed by atoms with Crippen molar-refractivity contribution in [1.29, 1.82) is 0 Å². The lowest BCUT2D eigenvalue weighted by atomic mass is 9.91. The van der Waals surface area contributed by atoms with Gasteiger partial charge in [0.1, 0.15) is 4.88 Å². The maximum Gasteiger partial charge on any atom is 0.348 e. The van der Waals surface area contributed by atoms with E-state index < -0.39 is 0 Å². The average molecular weight is 297 g/mol. The van der Waals surface area contributed by atoms with Crippen LogP contribution >= 0.6 is 11.3 Å². The Bertz CT molecular complexity index is 472. The summed E-state index contributed by atoms with van der Waals surface area (Å²) in [6.45, 7) is 6.25. The molecule has 1 aromatic heterocycles. The summed E-state index contributed by atoms with van der Waals surface area (Å²) in [6.07, 6.45) is 2.35. The maximum absolute atomic E-state index is 11.6. The Balaban J connectivity index is 2.12. The molecule has 4 nitrogen and oxygen atoms in total. The number of nitrogens with zero attached hydrogens (tertiary/aromatic N) is 1. The highest BCUT2D eigenvalue weighted by Crippen LogP contribution is 2.28. The van der Waals surface area contributed by atoms with Crippen molar-refractivity contribution in [3.05, 3.63) is 21.4 Å². The third-order valence-electron chi connectivity index (χ3n) is 4.20. The summed E-state index contributed by atoms with van der Waals surface area (Å²) in [5.74, 6) is 0.253. The van der Waals surface area contributed by atoms with Crippen molar-refractivity contribution in [2.45, 2.75) is 39.3 Å². The van der Waals surface area contributed by atoms with E-state index >= 15 is 0 Å². The van der Waals surface area contributed by atoms with Crippen LogP contribution in [0.2, 0.25) is 0 Å². The Kier molecular flexibility index (Phi) is 5.18. The van der Waals surface area contributed by atoms with Crippen molar-refractivity contribution in [3.63, 3.8) is 0 Å². The second-order valence-electron chi connectivity index (χ2n) is 5.52. The highest BCUT2D eigenvalue weighted by Gasteiger charge is 2.28. The molecule has 1 saturated heterocycles. The molecule has 2 heterocycles. The first-order chi connectivity index (χ1) is 9.56. The van der Waals surface area contributed by atoms with Gasteiger partial charge in [0.05, 0.1) is 13.7 Å². The van der Waals surface area contributed by atoms with Crippen LogP contribution in [0.5, 0.6) is 0 Å². The van der Waals surface area contributed by atoms with E-state index in [9.17, 15) is 9.90 Å². The van der Waals surface area contributed by atoms with Gasteiger partial charge in [0, 0.05) is 17.5 Å². The normalized spacial score (nSPS) is 23.8. The molecule has 1 aliphatic heterocycles. The molecule has 0 radical (unpaired) electrons. The van der Waals surface area contributed by atoms with Crippen molar-refractivity contribution in [1.82, 2.24) is 4.90 Å². The number of hydrogen-bond donors (Lipinski definition) is 1. The van der Waals surface area contributed by atoms with Crippen LogP contribution < -0.4 is 0 Å². The minimum atomic E-state index is -0.268. The predicted octanol–water partition coefficient (Wildman–Crippen LogP) is 2.44. The number of aryl methyl sites for hydroxylation is 1. The van der Waals surface area contributed by atoms with Gasteiger partial charge in [-0.15, -0.1) is 11.3 Å². The third kappa shape index (κ3) is 3.22. The number of aliphatic hydroxyl groups is 1. The average Bonchev–Trinajstić information content (AvgIpc) is 2.79. The molecule has 2 unspecified atom stereocenters. The molecular weight excluding hydrogens is 274 g/mol. The van der Waals surface area contributed by atoms with Gasteiger partial charge in [-0.1, -0.05) is 6.92 Å². The Labute approximate surface area is 124 Å². The number of carbonyl (C=O) groups excluding carboxylic acids is 1. The number of carbonyl (C=O) groups is 1. The van der Waals surface area contributed by atoms with Crippen molar-refractivity contribution in [3.8, 4) is 0 Å². The first-order valence-corrected chi connectivity index (χ1v) is 7.91. The van der Waals surface area contributed by atoms with Crippen LogP contribution in [0.1, 0.15) is 39.9 Å². The molecule has 1 fully saturated rings. The van der Waals surface area contributed by atoms with Gasteiger partial charge >= 0.3 is 5.97 Å². The standard InChI is InChI=1S/C15H23NO3S/c1-10-5-4-6-16(13(10)9-17)8-12-7-14(15(18)19-3)20-11(12)2/h7,10,13,17H,4-6,8-9H2,1-3H3. The van der Waals surface area contributed by atoms with Gasteiger partial charge in [-0.05, 0) is 43.9 Å². The topological polar surface area (TPSA) is 49.8 Å². The number of rotatable bonds is 4. The van der Waals surface area contributed by atoms with E-state index in [-0.39, 0.29) is 18.6 Å². The molecule has 0 spiro atoms. The number of methoxy groups -OCH3 is 1. The minimum Gasteiger partial charge on any atom is -0.465 e. The molecule has 0 saturated carbocycles. The molecule has 2 rings (SSSR count). The van der Waals surface area contributed by atoms with Gasteiger partial charge in [-0.2, -0.15) is 0 Å². The molecule has 0 amide bonds. The Morgan fingerprint density at radius 2 is 2.35 bits per heavy atom. The SMILES string of the molecule is COC(=O)c1cc(CN2CCCC(C)C2CO)c(C)s1. The smallest absolute Gasteiger partial charge is 0.348 e. The highest BCUT2D eigenvalue weighted by atomic mass is 32.1. The first kappa shape index (κ1) is 15.5. The molecule has 112 valence electrons. The van der Waals surface area contributed by atoms with Crippen molar-refractivity contribution in [2.75, 3.05) is 20.3 Å². The molecular formula is C15H23NO3S. The summed E-state index contributed by atoms with van der Waals surface area (Å²) in [6, 6.07) is 2.16. The zero-order chi connectivity index (χ0) is 14.7. The van der Waals surface area contributed by atoms with Crippen LogP contribution in [0.4, 0.5) is 0 Å². The maximum atomic E-state index is 11.6. The second-order valence-corrected chi connectivity index (χ2v) is 6.78. The largest absolute Gasteiger partial charge is 0.465 e. The molecule has 0 aromatic carbocycles. The van der Waals surface area contributed by atoms with Crippen LogP contribution in [-0.2, 0) is 11.3 Å². The van der Waals surface area contributed by atoms with Gasteiger partial charge in [-0.25, -0.2) is 4.79 Å². The van der Waals surface area contributed by atoms with Gasteiger partial charge in [0.2, 0.25) is 0 Å². The van der Waals surface area contributed by atoms with Crippen molar-refractivity contribution in [2.24, 2.45) is 5.92 Å². The van der Waals surface area contributed by atoms with E-state index in [1.165, 1.54) is 36.9 Å². The fourth-order valence-electron chi connectivity index (χ4n) is 2.92. The van der Waals surface area contributed by atoms with Crippen LogP contribution in [0, 0.1) is 12.8 Å². The molecule has 1 aliphatic rings. The van der Waals surface area contributed by atoms with Crippen LogP contribution in [0.3, 0.4) is 0 Å². The monoisotopic (exact) mass is 297 g/mol.